The third-order valence-corrected chi connectivity index (χ3v) is 3.98. The van der Waals surface area contributed by atoms with Gasteiger partial charge in [0.25, 0.3) is 0 Å². The Morgan fingerprint density at radius 3 is 1.57 bits per heavy atom. The monoisotopic (exact) mass is 312 g/mol. The average Bonchev–Trinajstić information content (AvgIpc) is 1.98. The SMILES string of the molecule is CC(C)(C)S/C(Cl)=C(\Cl)C(Cl)=C(Cl)Cl. The zero-order valence-corrected chi connectivity index (χ0v) is 12.4. The summed E-state index contributed by atoms with van der Waals surface area (Å²) in [6, 6.07) is 0. The van der Waals surface area contributed by atoms with Gasteiger partial charge in [0.15, 0.2) is 0 Å². The summed E-state index contributed by atoms with van der Waals surface area (Å²) >= 11 is 29.8. The fourth-order valence-electron chi connectivity index (χ4n) is 0.483. The van der Waals surface area contributed by atoms with Crippen LogP contribution in [0.5, 0.6) is 0 Å². The molecule has 0 amide bonds. The Morgan fingerprint density at radius 1 is 0.857 bits per heavy atom. The highest BCUT2D eigenvalue weighted by molar-refractivity contribution is 8.05. The lowest BCUT2D eigenvalue weighted by Crippen LogP contribution is -2.06. The van der Waals surface area contributed by atoms with Gasteiger partial charge in [0, 0.05) is 4.75 Å². The molecule has 14 heavy (non-hydrogen) atoms. The first-order chi connectivity index (χ1) is 6.15. The van der Waals surface area contributed by atoms with E-state index in [1.807, 2.05) is 20.8 Å². The quantitative estimate of drug-likeness (QED) is 0.559. The second kappa shape index (κ2) is 6.12. The largest absolute Gasteiger partial charge is 0.127 e. The van der Waals surface area contributed by atoms with Crippen LogP contribution in [0.1, 0.15) is 20.8 Å². The molecule has 0 nitrogen and oxygen atoms in total. The second-order valence-electron chi connectivity index (χ2n) is 3.38. The molecule has 0 aromatic carbocycles. The predicted molar refractivity (Wildman–Crippen MR) is 70.7 cm³/mol. The highest BCUT2D eigenvalue weighted by atomic mass is 35.5. The van der Waals surface area contributed by atoms with Gasteiger partial charge < -0.3 is 0 Å². The fraction of sp³-hybridized carbons (Fsp3) is 0.500. The van der Waals surface area contributed by atoms with Gasteiger partial charge in [0.05, 0.1) is 14.4 Å². The molecule has 0 bridgehead atoms. The number of halogens is 5. The van der Waals surface area contributed by atoms with E-state index in [0.717, 1.165) is 0 Å². The Labute approximate surface area is 114 Å². The molecule has 0 atom stereocenters. The molecular weight excluding hydrogens is 305 g/mol. The minimum absolute atomic E-state index is 0.0484. The Bertz CT molecular complexity index is 270. The first-order valence-corrected chi connectivity index (χ1v) is 6.31. The summed E-state index contributed by atoms with van der Waals surface area (Å²) in [6.45, 7) is 6.01. The van der Waals surface area contributed by atoms with Gasteiger partial charge in [-0.05, 0) is 0 Å². The highest BCUT2D eigenvalue weighted by Gasteiger charge is 2.17. The van der Waals surface area contributed by atoms with E-state index in [0.29, 0.717) is 4.36 Å². The summed E-state index contributed by atoms with van der Waals surface area (Å²) in [5.74, 6) is 0. The summed E-state index contributed by atoms with van der Waals surface area (Å²) in [5.41, 5.74) is 0. The van der Waals surface area contributed by atoms with Gasteiger partial charge in [-0.3, -0.25) is 0 Å². The van der Waals surface area contributed by atoms with Crippen LogP contribution in [-0.4, -0.2) is 4.75 Å². The van der Waals surface area contributed by atoms with E-state index in [1.165, 1.54) is 11.8 Å². The third-order valence-electron chi connectivity index (χ3n) is 0.927. The standard InChI is InChI=1S/C8H9Cl5S/c1-8(2,3)14-7(13)5(10)4(9)6(11)12/h1-3H3/b7-5-. The molecule has 0 N–H and O–H groups in total. The maximum atomic E-state index is 5.93. The van der Waals surface area contributed by atoms with Gasteiger partial charge in [-0.15, -0.1) is 11.8 Å². The maximum Gasteiger partial charge on any atom is 0.127 e. The van der Waals surface area contributed by atoms with Gasteiger partial charge in [-0.1, -0.05) is 78.8 Å². The van der Waals surface area contributed by atoms with Crippen molar-refractivity contribution >= 4 is 69.8 Å². The van der Waals surface area contributed by atoms with Crippen molar-refractivity contribution in [3.63, 3.8) is 0 Å². The molecule has 0 saturated carbocycles. The fourth-order valence-corrected chi connectivity index (χ4v) is 2.70. The molecule has 0 unspecified atom stereocenters. The molecule has 0 aliphatic carbocycles. The van der Waals surface area contributed by atoms with Crippen LogP contribution >= 0.6 is 69.8 Å². The van der Waals surface area contributed by atoms with Crippen molar-refractivity contribution in [2.45, 2.75) is 25.5 Å². The van der Waals surface area contributed by atoms with Gasteiger partial charge >= 0.3 is 0 Å². The summed E-state index contributed by atoms with van der Waals surface area (Å²) in [4.78, 5) is 0. The number of thioether (sulfide) groups is 1. The molecule has 0 aromatic rings. The van der Waals surface area contributed by atoms with E-state index >= 15 is 0 Å². The lowest BCUT2D eigenvalue weighted by molar-refractivity contribution is 0.807. The van der Waals surface area contributed by atoms with Crippen LogP contribution < -0.4 is 0 Å². The van der Waals surface area contributed by atoms with Gasteiger partial charge in [-0.2, -0.15) is 0 Å². The Kier molecular flexibility index (Phi) is 6.68. The minimum Gasteiger partial charge on any atom is -0.106 e. The zero-order chi connectivity index (χ0) is 11.5. The van der Waals surface area contributed by atoms with Crippen LogP contribution in [0, 0.1) is 0 Å². The molecule has 0 fully saturated rings. The zero-order valence-electron chi connectivity index (χ0n) is 7.80. The molecule has 0 rings (SSSR count). The summed E-state index contributed by atoms with van der Waals surface area (Å²) in [6.07, 6.45) is 0. The summed E-state index contributed by atoms with van der Waals surface area (Å²) in [7, 11) is 0. The summed E-state index contributed by atoms with van der Waals surface area (Å²) in [5, 5.41) is 0.241. The molecule has 0 spiro atoms. The third kappa shape index (κ3) is 5.99. The van der Waals surface area contributed by atoms with Crippen LogP contribution in [0.2, 0.25) is 0 Å². The molecule has 0 aromatic heterocycles. The van der Waals surface area contributed by atoms with Crippen molar-refractivity contribution in [3.8, 4) is 0 Å². The Hall–Kier alpha value is 1.28. The van der Waals surface area contributed by atoms with E-state index in [-0.39, 0.29) is 19.3 Å². The van der Waals surface area contributed by atoms with Crippen molar-refractivity contribution < 1.29 is 0 Å². The minimum atomic E-state index is -0.0932. The van der Waals surface area contributed by atoms with Gasteiger partial charge in [0.2, 0.25) is 0 Å². The van der Waals surface area contributed by atoms with Crippen molar-refractivity contribution in [3.05, 3.63) is 18.9 Å². The Balaban J connectivity index is 4.87. The number of hydrogen-bond acceptors (Lipinski definition) is 1. The van der Waals surface area contributed by atoms with Gasteiger partial charge in [0.1, 0.15) is 4.49 Å². The molecule has 0 heterocycles. The van der Waals surface area contributed by atoms with Crippen LogP contribution in [0.3, 0.4) is 0 Å². The van der Waals surface area contributed by atoms with Crippen molar-refractivity contribution in [2.24, 2.45) is 0 Å². The van der Waals surface area contributed by atoms with E-state index in [1.54, 1.807) is 0 Å². The smallest absolute Gasteiger partial charge is 0.106 e. The average molecular weight is 314 g/mol. The Morgan fingerprint density at radius 2 is 1.29 bits per heavy atom. The molecule has 0 aliphatic rings. The van der Waals surface area contributed by atoms with Gasteiger partial charge in [-0.25, -0.2) is 0 Å². The van der Waals surface area contributed by atoms with E-state index in [4.69, 9.17) is 58.0 Å². The maximum absolute atomic E-state index is 5.93. The van der Waals surface area contributed by atoms with E-state index in [9.17, 15) is 0 Å². The number of hydrogen-bond donors (Lipinski definition) is 0. The van der Waals surface area contributed by atoms with Crippen LogP contribution in [0.15, 0.2) is 18.9 Å². The predicted octanol–water partition coefficient (Wildman–Crippen LogP) is 6.05. The van der Waals surface area contributed by atoms with Crippen molar-refractivity contribution in [1.82, 2.24) is 0 Å². The van der Waals surface area contributed by atoms with E-state index in [2.05, 4.69) is 0 Å². The van der Waals surface area contributed by atoms with Crippen molar-refractivity contribution in [2.75, 3.05) is 0 Å². The lowest BCUT2D eigenvalue weighted by atomic mass is 10.3. The van der Waals surface area contributed by atoms with Crippen molar-refractivity contribution in [1.29, 1.82) is 0 Å². The molecule has 0 radical (unpaired) electrons. The highest BCUT2D eigenvalue weighted by Crippen LogP contribution is 2.40. The summed E-state index contributed by atoms with van der Waals surface area (Å²) < 4.78 is 0.236. The molecule has 82 valence electrons. The first-order valence-electron chi connectivity index (χ1n) is 3.60. The normalized spacial score (nSPS) is 13.7. The number of allylic oxidation sites excluding steroid dienone is 2. The lowest BCUT2D eigenvalue weighted by Gasteiger charge is -2.17. The molecule has 0 saturated heterocycles. The van der Waals surface area contributed by atoms with Crippen LogP contribution in [0.25, 0.3) is 0 Å². The molecular formula is C8H9Cl5S. The molecule has 6 heteroatoms. The second-order valence-corrected chi connectivity index (χ2v) is 7.52. The van der Waals surface area contributed by atoms with Crippen LogP contribution in [0.4, 0.5) is 0 Å². The number of rotatable bonds is 2. The topological polar surface area (TPSA) is 0 Å². The van der Waals surface area contributed by atoms with Crippen LogP contribution in [-0.2, 0) is 0 Å². The molecule has 0 aliphatic heterocycles. The van der Waals surface area contributed by atoms with E-state index < -0.39 is 0 Å². The first kappa shape index (κ1) is 15.3.